The molecule has 2 nitrogen and oxygen atoms in total. The first-order valence-electron chi connectivity index (χ1n) is 5.58. The summed E-state index contributed by atoms with van der Waals surface area (Å²) < 4.78 is 11.1. The first-order valence-corrected chi connectivity index (χ1v) is 5.58. The molecule has 0 aliphatic rings. The molecule has 1 unspecified atom stereocenters. The third-order valence-corrected chi connectivity index (χ3v) is 1.89. The molecule has 0 aliphatic carbocycles. The third-order valence-electron chi connectivity index (χ3n) is 1.89. The zero-order chi connectivity index (χ0) is 9.94. The Hall–Kier alpha value is -0.0800. The molecule has 0 aromatic carbocycles. The maximum absolute atomic E-state index is 5.57. The second-order valence-electron chi connectivity index (χ2n) is 3.29. The van der Waals surface area contributed by atoms with Gasteiger partial charge in [-0.3, -0.25) is 0 Å². The van der Waals surface area contributed by atoms with E-state index < -0.39 is 0 Å². The highest BCUT2D eigenvalue weighted by molar-refractivity contribution is 4.42. The fourth-order valence-corrected chi connectivity index (χ4v) is 1.10. The van der Waals surface area contributed by atoms with Crippen molar-refractivity contribution in [1.82, 2.24) is 0 Å². The van der Waals surface area contributed by atoms with Gasteiger partial charge in [-0.1, -0.05) is 33.6 Å². The van der Waals surface area contributed by atoms with Crippen molar-refractivity contribution in [3.05, 3.63) is 0 Å². The number of hydrogen-bond donors (Lipinski definition) is 0. The summed E-state index contributed by atoms with van der Waals surface area (Å²) in [5.41, 5.74) is 0. The molecule has 13 heavy (non-hydrogen) atoms. The normalized spacial score (nSPS) is 13.2. The maximum atomic E-state index is 5.57. The number of rotatable bonds is 9. The first kappa shape index (κ1) is 12.9. The second-order valence-corrected chi connectivity index (χ2v) is 3.29. The first-order chi connectivity index (χ1) is 6.35. The van der Waals surface area contributed by atoms with Gasteiger partial charge >= 0.3 is 0 Å². The van der Waals surface area contributed by atoms with Crippen LogP contribution < -0.4 is 0 Å². The lowest BCUT2D eigenvalue weighted by molar-refractivity contribution is -0.144. The van der Waals surface area contributed by atoms with E-state index in [4.69, 9.17) is 9.47 Å². The van der Waals surface area contributed by atoms with Crippen molar-refractivity contribution in [2.75, 3.05) is 13.2 Å². The van der Waals surface area contributed by atoms with Gasteiger partial charge in [0, 0.05) is 13.2 Å². The Bertz CT molecular complexity index is 94.1. The predicted octanol–water partition coefficient (Wildman–Crippen LogP) is 3.36. The highest BCUT2D eigenvalue weighted by Crippen LogP contribution is 2.03. The van der Waals surface area contributed by atoms with E-state index in [9.17, 15) is 0 Å². The van der Waals surface area contributed by atoms with Crippen molar-refractivity contribution in [1.29, 1.82) is 0 Å². The zero-order valence-corrected chi connectivity index (χ0v) is 9.34. The predicted molar refractivity (Wildman–Crippen MR) is 55.8 cm³/mol. The molecule has 0 saturated carbocycles. The number of hydrogen-bond acceptors (Lipinski definition) is 2. The molecule has 2 heteroatoms. The van der Waals surface area contributed by atoms with Crippen LogP contribution >= 0.6 is 0 Å². The van der Waals surface area contributed by atoms with Gasteiger partial charge < -0.3 is 9.47 Å². The van der Waals surface area contributed by atoms with Crippen LogP contribution in [0.15, 0.2) is 0 Å². The van der Waals surface area contributed by atoms with E-state index >= 15 is 0 Å². The van der Waals surface area contributed by atoms with Crippen molar-refractivity contribution in [3.63, 3.8) is 0 Å². The monoisotopic (exact) mass is 188 g/mol. The van der Waals surface area contributed by atoms with E-state index in [1.807, 2.05) is 0 Å². The SMILES string of the molecule is CCCCCOC(CC)OCCC. The Morgan fingerprint density at radius 3 is 2.08 bits per heavy atom. The molecule has 0 N–H and O–H groups in total. The van der Waals surface area contributed by atoms with Gasteiger partial charge in [-0.25, -0.2) is 0 Å². The topological polar surface area (TPSA) is 18.5 Å². The smallest absolute Gasteiger partial charge is 0.157 e. The Balaban J connectivity index is 3.25. The molecule has 0 saturated heterocycles. The molecule has 1 atom stereocenters. The van der Waals surface area contributed by atoms with E-state index in [1.165, 1.54) is 12.8 Å². The van der Waals surface area contributed by atoms with Gasteiger partial charge in [-0.2, -0.15) is 0 Å². The van der Waals surface area contributed by atoms with Crippen LogP contribution in [0.25, 0.3) is 0 Å². The van der Waals surface area contributed by atoms with Gasteiger partial charge in [0.2, 0.25) is 0 Å². The Morgan fingerprint density at radius 2 is 1.54 bits per heavy atom. The van der Waals surface area contributed by atoms with E-state index in [1.54, 1.807) is 0 Å². The van der Waals surface area contributed by atoms with E-state index in [0.29, 0.717) is 0 Å². The van der Waals surface area contributed by atoms with E-state index in [2.05, 4.69) is 20.8 Å². The lowest BCUT2D eigenvalue weighted by Gasteiger charge is -2.16. The minimum absolute atomic E-state index is 0.0248. The zero-order valence-electron chi connectivity index (χ0n) is 9.34. The van der Waals surface area contributed by atoms with Gasteiger partial charge in [0.05, 0.1) is 0 Å². The molecule has 0 heterocycles. The Morgan fingerprint density at radius 1 is 0.846 bits per heavy atom. The van der Waals surface area contributed by atoms with Crippen LogP contribution in [-0.2, 0) is 9.47 Å². The highest BCUT2D eigenvalue weighted by atomic mass is 16.7. The van der Waals surface area contributed by atoms with Crippen LogP contribution in [-0.4, -0.2) is 19.5 Å². The van der Waals surface area contributed by atoms with Gasteiger partial charge in [0.15, 0.2) is 6.29 Å². The van der Waals surface area contributed by atoms with Gasteiger partial charge in [-0.05, 0) is 19.3 Å². The van der Waals surface area contributed by atoms with Crippen LogP contribution in [0.1, 0.15) is 52.9 Å². The molecule has 0 bridgehead atoms. The summed E-state index contributed by atoms with van der Waals surface area (Å²) >= 11 is 0. The van der Waals surface area contributed by atoms with Crippen LogP contribution in [0.5, 0.6) is 0 Å². The highest BCUT2D eigenvalue weighted by Gasteiger charge is 2.04. The van der Waals surface area contributed by atoms with Crippen molar-refractivity contribution in [3.8, 4) is 0 Å². The summed E-state index contributed by atoms with van der Waals surface area (Å²) in [7, 11) is 0. The summed E-state index contributed by atoms with van der Waals surface area (Å²) in [5, 5.41) is 0. The lowest BCUT2D eigenvalue weighted by atomic mass is 10.3. The maximum Gasteiger partial charge on any atom is 0.157 e. The van der Waals surface area contributed by atoms with Crippen LogP contribution in [0.3, 0.4) is 0 Å². The Labute approximate surface area is 82.6 Å². The largest absolute Gasteiger partial charge is 0.353 e. The van der Waals surface area contributed by atoms with Crippen molar-refractivity contribution in [2.45, 2.75) is 59.2 Å². The average Bonchev–Trinajstić information content (AvgIpc) is 2.17. The summed E-state index contributed by atoms with van der Waals surface area (Å²) in [6.45, 7) is 8.07. The molecular weight excluding hydrogens is 164 g/mol. The standard InChI is InChI=1S/C11H24O2/c1-4-7-8-10-13-11(6-3)12-9-5-2/h11H,4-10H2,1-3H3. The van der Waals surface area contributed by atoms with Crippen molar-refractivity contribution in [2.24, 2.45) is 0 Å². The molecule has 0 fully saturated rings. The molecule has 80 valence electrons. The van der Waals surface area contributed by atoms with Gasteiger partial charge in [0.1, 0.15) is 0 Å². The van der Waals surface area contributed by atoms with Crippen molar-refractivity contribution < 1.29 is 9.47 Å². The molecular formula is C11H24O2. The minimum atomic E-state index is 0.0248. The van der Waals surface area contributed by atoms with Gasteiger partial charge in [-0.15, -0.1) is 0 Å². The molecule has 0 aromatic heterocycles. The third kappa shape index (κ3) is 8.26. The van der Waals surface area contributed by atoms with Crippen LogP contribution in [0.4, 0.5) is 0 Å². The van der Waals surface area contributed by atoms with Gasteiger partial charge in [0.25, 0.3) is 0 Å². The second kappa shape index (κ2) is 10.0. The summed E-state index contributed by atoms with van der Waals surface area (Å²) in [6.07, 6.45) is 5.70. The van der Waals surface area contributed by atoms with Crippen molar-refractivity contribution >= 4 is 0 Å². The molecule has 0 rings (SSSR count). The molecule has 0 aromatic rings. The fourth-order valence-electron chi connectivity index (χ4n) is 1.10. The minimum Gasteiger partial charge on any atom is -0.353 e. The lowest BCUT2D eigenvalue weighted by Crippen LogP contribution is -2.17. The summed E-state index contributed by atoms with van der Waals surface area (Å²) in [5.74, 6) is 0. The summed E-state index contributed by atoms with van der Waals surface area (Å²) in [6, 6.07) is 0. The summed E-state index contributed by atoms with van der Waals surface area (Å²) in [4.78, 5) is 0. The number of unbranched alkanes of at least 4 members (excludes halogenated alkanes) is 2. The van der Waals surface area contributed by atoms with E-state index in [-0.39, 0.29) is 6.29 Å². The van der Waals surface area contributed by atoms with E-state index in [0.717, 1.165) is 32.5 Å². The molecule has 0 aliphatic heterocycles. The fraction of sp³-hybridized carbons (Fsp3) is 1.00. The molecule has 0 spiro atoms. The molecule has 0 amide bonds. The average molecular weight is 188 g/mol. The van der Waals surface area contributed by atoms with Crippen LogP contribution in [0, 0.1) is 0 Å². The number of ether oxygens (including phenoxy) is 2. The quantitative estimate of drug-likeness (QED) is 0.408. The molecule has 0 radical (unpaired) electrons. The Kier molecular flexibility index (Phi) is 9.94. The van der Waals surface area contributed by atoms with Crippen LogP contribution in [0.2, 0.25) is 0 Å².